The van der Waals surface area contributed by atoms with Gasteiger partial charge < -0.3 is 4.42 Å². The van der Waals surface area contributed by atoms with Crippen molar-refractivity contribution in [3.8, 4) is 11.4 Å². The Morgan fingerprint density at radius 1 is 1.00 bits per heavy atom. The zero-order chi connectivity index (χ0) is 15.3. The van der Waals surface area contributed by atoms with E-state index < -0.39 is 0 Å². The van der Waals surface area contributed by atoms with Gasteiger partial charge in [0.25, 0.3) is 0 Å². The summed E-state index contributed by atoms with van der Waals surface area (Å²) in [6.45, 7) is 4.17. The lowest BCUT2D eigenvalue weighted by Crippen LogP contribution is -2.31. The molecule has 0 fully saturated rings. The molecule has 0 saturated heterocycles. The monoisotopic (exact) mass is 289 g/mol. The average Bonchev–Trinajstić information content (AvgIpc) is 2.84. The molecule has 1 aromatic carbocycles. The number of fused-ring (bicyclic) bond motifs is 3. The minimum Gasteiger partial charge on any atom is -0.454 e. The first-order chi connectivity index (χ1) is 10.6. The van der Waals surface area contributed by atoms with Gasteiger partial charge in [0.05, 0.1) is 0 Å². The van der Waals surface area contributed by atoms with Crippen molar-refractivity contribution in [3.63, 3.8) is 0 Å². The van der Waals surface area contributed by atoms with Gasteiger partial charge in [-0.1, -0.05) is 12.1 Å². The van der Waals surface area contributed by atoms with E-state index in [4.69, 9.17) is 9.40 Å². The molecule has 0 unspecified atom stereocenters. The molecular formula is C19H17N2O+. The Morgan fingerprint density at radius 3 is 2.64 bits per heavy atom. The Hall–Kier alpha value is -2.68. The van der Waals surface area contributed by atoms with Crippen molar-refractivity contribution in [2.75, 3.05) is 0 Å². The molecule has 4 aromatic rings. The van der Waals surface area contributed by atoms with Crippen LogP contribution >= 0.6 is 0 Å². The van der Waals surface area contributed by atoms with Crippen LogP contribution in [0.1, 0.15) is 11.1 Å². The van der Waals surface area contributed by atoms with Gasteiger partial charge in [0.2, 0.25) is 5.69 Å². The molecule has 0 spiro atoms. The van der Waals surface area contributed by atoms with Crippen LogP contribution in [0.2, 0.25) is 0 Å². The molecule has 0 atom stereocenters. The number of benzene rings is 1. The van der Waals surface area contributed by atoms with Crippen molar-refractivity contribution in [1.29, 1.82) is 0 Å². The predicted octanol–water partition coefficient (Wildman–Crippen LogP) is 4.09. The van der Waals surface area contributed by atoms with Crippen molar-refractivity contribution in [3.05, 3.63) is 59.8 Å². The Bertz CT molecular complexity index is 1010. The lowest BCUT2D eigenvalue weighted by atomic mass is 10.1. The highest BCUT2D eigenvalue weighted by molar-refractivity contribution is 6.03. The number of nitrogens with zero attached hydrogens (tertiary/aromatic N) is 2. The van der Waals surface area contributed by atoms with Crippen molar-refractivity contribution in [1.82, 2.24) is 4.98 Å². The lowest BCUT2D eigenvalue weighted by Gasteiger charge is -2.04. The van der Waals surface area contributed by atoms with Gasteiger partial charge in [0, 0.05) is 17.0 Å². The van der Waals surface area contributed by atoms with Crippen LogP contribution in [0.3, 0.4) is 0 Å². The summed E-state index contributed by atoms with van der Waals surface area (Å²) in [6.07, 6.45) is 2.12. The number of pyridine rings is 2. The van der Waals surface area contributed by atoms with E-state index in [9.17, 15) is 0 Å². The summed E-state index contributed by atoms with van der Waals surface area (Å²) >= 11 is 0. The van der Waals surface area contributed by atoms with Crippen LogP contribution in [0.15, 0.2) is 53.1 Å². The third-order valence-corrected chi connectivity index (χ3v) is 4.06. The van der Waals surface area contributed by atoms with Gasteiger partial charge in [-0.05, 0) is 43.7 Å². The normalized spacial score (nSPS) is 11.4. The Balaban J connectivity index is 2.05. The Morgan fingerprint density at radius 2 is 1.82 bits per heavy atom. The zero-order valence-corrected chi connectivity index (χ0v) is 12.9. The highest BCUT2D eigenvalue weighted by Crippen LogP contribution is 2.30. The van der Waals surface area contributed by atoms with Crippen LogP contribution in [0.25, 0.3) is 33.5 Å². The maximum absolute atomic E-state index is 5.90. The second-order valence-corrected chi connectivity index (χ2v) is 5.80. The van der Waals surface area contributed by atoms with Gasteiger partial charge in [0.1, 0.15) is 23.8 Å². The SMILES string of the molecule is Cc1ccc(-c2nc3c(cc2C)oc2ccccc23)[n+](C)c1. The minimum atomic E-state index is 0.845. The molecule has 0 amide bonds. The van der Waals surface area contributed by atoms with Gasteiger partial charge in [-0.15, -0.1) is 0 Å². The van der Waals surface area contributed by atoms with Crippen LogP contribution in [-0.2, 0) is 7.05 Å². The molecule has 3 heterocycles. The highest BCUT2D eigenvalue weighted by atomic mass is 16.3. The van der Waals surface area contributed by atoms with E-state index in [2.05, 4.69) is 55.9 Å². The molecule has 3 nitrogen and oxygen atoms in total. The molecule has 0 bridgehead atoms. The molecule has 3 heteroatoms. The molecule has 0 N–H and O–H groups in total. The molecular weight excluding hydrogens is 272 g/mol. The number of furan rings is 1. The first kappa shape index (κ1) is 13.0. The standard InChI is InChI=1S/C19H17N2O/c1-12-8-9-15(21(3)11-12)18-13(2)10-17-19(20-18)14-6-4-5-7-16(14)22-17/h4-11H,1-3H3/q+1. The highest BCUT2D eigenvalue weighted by Gasteiger charge is 2.17. The maximum Gasteiger partial charge on any atom is 0.231 e. The molecule has 0 aliphatic carbocycles. The first-order valence-electron chi connectivity index (χ1n) is 7.39. The molecule has 0 radical (unpaired) electrons. The number of hydrogen-bond acceptors (Lipinski definition) is 2. The third kappa shape index (κ3) is 1.90. The fourth-order valence-electron chi connectivity index (χ4n) is 2.98. The van der Waals surface area contributed by atoms with Crippen molar-refractivity contribution < 1.29 is 8.98 Å². The van der Waals surface area contributed by atoms with Gasteiger partial charge in [-0.2, -0.15) is 4.57 Å². The Labute approximate surface area is 128 Å². The van der Waals surface area contributed by atoms with E-state index >= 15 is 0 Å². The van der Waals surface area contributed by atoms with E-state index in [-0.39, 0.29) is 0 Å². The van der Waals surface area contributed by atoms with Crippen molar-refractivity contribution >= 4 is 22.1 Å². The van der Waals surface area contributed by atoms with E-state index in [0.29, 0.717) is 0 Å². The smallest absolute Gasteiger partial charge is 0.231 e. The third-order valence-electron chi connectivity index (χ3n) is 4.06. The Kier molecular flexibility index (Phi) is 2.76. The van der Waals surface area contributed by atoms with Gasteiger partial charge in [-0.25, -0.2) is 4.98 Å². The zero-order valence-electron chi connectivity index (χ0n) is 12.9. The molecule has 4 rings (SSSR count). The summed E-state index contributed by atoms with van der Waals surface area (Å²) in [4.78, 5) is 4.91. The summed E-state index contributed by atoms with van der Waals surface area (Å²) < 4.78 is 8.03. The number of aryl methyl sites for hydroxylation is 3. The van der Waals surface area contributed by atoms with Crippen molar-refractivity contribution in [2.24, 2.45) is 7.05 Å². The van der Waals surface area contributed by atoms with Crippen LogP contribution < -0.4 is 4.57 Å². The van der Waals surface area contributed by atoms with Crippen molar-refractivity contribution in [2.45, 2.75) is 13.8 Å². The molecule has 3 aromatic heterocycles. The fraction of sp³-hybridized carbons (Fsp3) is 0.158. The van der Waals surface area contributed by atoms with Crippen LogP contribution in [0.5, 0.6) is 0 Å². The van der Waals surface area contributed by atoms with E-state index in [0.717, 1.165) is 39.0 Å². The largest absolute Gasteiger partial charge is 0.454 e. The molecule has 22 heavy (non-hydrogen) atoms. The summed E-state index contributed by atoms with van der Waals surface area (Å²) in [5, 5.41) is 1.06. The topological polar surface area (TPSA) is 29.9 Å². The van der Waals surface area contributed by atoms with Crippen LogP contribution in [0, 0.1) is 13.8 Å². The van der Waals surface area contributed by atoms with Crippen LogP contribution in [-0.4, -0.2) is 4.98 Å². The van der Waals surface area contributed by atoms with Crippen LogP contribution in [0.4, 0.5) is 0 Å². The van der Waals surface area contributed by atoms with Gasteiger partial charge in [-0.3, -0.25) is 0 Å². The molecule has 0 aliphatic heterocycles. The first-order valence-corrected chi connectivity index (χ1v) is 7.39. The van der Waals surface area contributed by atoms with E-state index in [1.165, 1.54) is 5.56 Å². The fourth-order valence-corrected chi connectivity index (χ4v) is 2.98. The molecule has 0 saturated carbocycles. The molecule has 108 valence electrons. The second kappa shape index (κ2) is 4.67. The average molecular weight is 289 g/mol. The lowest BCUT2D eigenvalue weighted by molar-refractivity contribution is -0.660. The van der Waals surface area contributed by atoms with Gasteiger partial charge in [0.15, 0.2) is 11.8 Å². The second-order valence-electron chi connectivity index (χ2n) is 5.80. The van der Waals surface area contributed by atoms with E-state index in [1.54, 1.807) is 0 Å². The summed E-state index contributed by atoms with van der Waals surface area (Å²) in [5.41, 5.74) is 7.12. The quantitative estimate of drug-likeness (QED) is 0.494. The van der Waals surface area contributed by atoms with Gasteiger partial charge >= 0.3 is 0 Å². The number of rotatable bonds is 1. The predicted molar refractivity (Wildman–Crippen MR) is 87.6 cm³/mol. The minimum absolute atomic E-state index is 0.845. The number of para-hydroxylation sites is 1. The summed E-state index contributed by atoms with van der Waals surface area (Å²) in [6, 6.07) is 14.4. The summed E-state index contributed by atoms with van der Waals surface area (Å²) in [7, 11) is 2.06. The van der Waals surface area contributed by atoms with E-state index in [1.807, 2.05) is 18.2 Å². The number of aromatic nitrogens is 2. The summed E-state index contributed by atoms with van der Waals surface area (Å²) in [5.74, 6) is 0. The molecule has 0 aliphatic rings. The number of hydrogen-bond donors (Lipinski definition) is 0. The maximum atomic E-state index is 5.90.